The molecule has 5 nitrogen and oxygen atoms in total. The van der Waals surface area contributed by atoms with Gasteiger partial charge in [0.2, 0.25) is 5.91 Å². The van der Waals surface area contributed by atoms with Crippen molar-refractivity contribution in [1.82, 2.24) is 5.32 Å². The lowest BCUT2D eigenvalue weighted by Gasteiger charge is -2.10. The summed E-state index contributed by atoms with van der Waals surface area (Å²) in [6.07, 6.45) is 0.643. The van der Waals surface area contributed by atoms with E-state index in [-0.39, 0.29) is 5.91 Å². The molecule has 0 aromatic heterocycles. The monoisotopic (exact) mass is 251 g/mol. The molecule has 5 heteroatoms. The second-order valence-electron chi connectivity index (χ2n) is 3.75. The first-order valence-electron chi connectivity index (χ1n) is 5.58. The Morgan fingerprint density at radius 1 is 1.28 bits per heavy atom. The van der Waals surface area contributed by atoms with E-state index in [9.17, 15) is 9.59 Å². The fourth-order valence-electron chi connectivity index (χ4n) is 1.57. The van der Waals surface area contributed by atoms with Crippen LogP contribution in [0.4, 0.5) is 0 Å². The third-order valence-corrected chi connectivity index (χ3v) is 2.48. The summed E-state index contributed by atoms with van der Waals surface area (Å²) < 4.78 is 9.85. The van der Waals surface area contributed by atoms with Gasteiger partial charge in [0.1, 0.15) is 5.75 Å². The highest BCUT2D eigenvalue weighted by atomic mass is 16.5. The third kappa shape index (κ3) is 3.76. The van der Waals surface area contributed by atoms with Gasteiger partial charge in [-0.05, 0) is 24.1 Å². The number of esters is 1. The van der Waals surface area contributed by atoms with Crippen LogP contribution in [0.3, 0.4) is 0 Å². The summed E-state index contributed by atoms with van der Waals surface area (Å²) in [5.41, 5.74) is 1.37. The van der Waals surface area contributed by atoms with Gasteiger partial charge in [0.05, 0.1) is 19.8 Å². The van der Waals surface area contributed by atoms with Crippen molar-refractivity contribution in [1.29, 1.82) is 0 Å². The van der Waals surface area contributed by atoms with E-state index in [2.05, 4.69) is 10.1 Å². The van der Waals surface area contributed by atoms with Gasteiger partial charge in [-0.1, -0.05) is 6.07 Å². The van der Waals surface area contributed by atoms with Crippen molar-refractivity contribution in [2.24, 2.45) is 0 Å². The van der Waals surface area contributed by atoms with E-state index < -0.39 is 5.97 Å². The van der Waals surface area contributed by atoms with Gasteiger partial charge in [-0.15, -0.1) is 0 Å². The van der Waals surface area contributed by atoms with Gasteiger partial charge in [0.25, 0.3) is 0 Å². The molecule has 0 bridgehead atoms. The summed E-state index contributed by atoms with van der Waals surface area (Å²) >= 11 is 0. The Kier molecular flexibility index (Phi) is 5.17. The topological polar surface area (TPSA) is 64.6 Å². The predicted octanol–water partition coefficient (Wildman–Crippen LogP) is 1.16. The molecule has 0 saturated carbocycles. The second kappa shape index (κ2) is 6.64. The average molecular weight is 251 g/mol. The Morgan fingerprint density at radius 2 is 2.00 bits per heavy atom. The molecule has 0 aliphatic rings. The highest BCUT2D eigenvalue weighted by Gasteiger charge is 2.10. The van der Waals surface area contributed by atoms with E-state index in [4.69, 9.17) is 4.74 Å². The maximum Gasteiger partial charge on any atom is 0.337 e. The molecule has 1 aromatic carbocycles. The zero-order valence-corrected chi connectivity index (χ0v) is 10.8. The first-order valence-corrected chi connectivity index (χ1v) is 5.58. The zero-order valence-electron chi connectivity index (χ0n) is 10.8. The lowest BCUT2D eigenvalue weighted by atomic mass is 10.1. The molecule has 0 saturated heterocycles. The van der Waals surface area contributed by atoms with Gasteiger partial charge in [0.15, 0.2) is 0 Å². The van der Waals surface area contributed by atoms with Crippen LogP contribution in [0.15, 0.2) is 18.2 Å². The van der Waals surface area contributed by atoms with Crippen LogP contribution in [0.25, 0.3) is 0 Å². The number of nitrogens with one attached hydrogen (secondary N) is 1. The summed E-state index contributed by atoms with van der Waals surface area (Å²) in [4.78, 5) is 22.1. The van der Waals surface area contributed by atoms with Gasteiger partial charge in [-0.2, -0.15) is 0 Å². The molecule has 0 heterocycles. The lowest BCUT2D eigenvalue weighted by molar-refractivity contribution is -0.118. The number of benzene rings is 1. The highest BCUT2D eigenvalue weighted by molar-refractivity contribution is 5.89. The van der Waals surface area contributed by atoms with Gasteiger partial charge in [-0.25, -0.2) is 4.79 Å². The minimum absolute atomic E-state index is 0.0693. The smallest absolute Gasteiger partial charge is 0.337 e. The second-order valence-corrected chi connectivity index (χ2v) is 3.75. The van der Waals surface area contributed by atoms with Crippen molar-refractivity contribution in [2.75, 3.05) is 20.8 Å². The molecular weight excluding hydrogens is 234 g/mol. The number of carbonyl (C=O) groups excluding carboxylic acids is 2. The normalized spacial score (nSPS) is 9.72. The molecule has 0 fully saturated rings. The molecule has 1 N–H and O–H groups in total. The van der Waals surface area contributed by atoms with Crippen LogP contribution < -0.4 is 10.1 Å². The first kappa shape index (κ1) is 14.0. The molecule has 0 spiro atoms. The van der Waals surface area contributed by atoms with E-state index in [1.165, 1.54) is 21.1 Å². The molecule has 0 atom stereocenters. The van der Waals surface area contributed by atoms with E-state index in [1.807, 2.05) is 0 Å². The Labute approximate surface area is 106 Å². The van der Waals surface area contributed by atoms with Crippen molar-refractivity contribution in [2.45, 2.75) is 13.3 Å². The molecule has 0 radical (unpaired) electrons. The maximum absolute atomic E-state index is 11.4. The molecular formula is C13H17NO4. The number of rotatable bonds is 5. The van der Waals surface area contributed by atoms with Crippen LogP contribution >= 0.6 is 0 Å². The lowest BCUT2D eigenvalue weighted by Crippen LogP contribution is -2.22. The largest absolute Gasteiger partial charge is 0.496 e. The minimum atomic E-state index is -0.401. The van der Waals surface area contributed by atoms with Gasteiger partial charge >= 0.3 is 5.97 Å². The molecule has 1 rings (SSSR count). The standard InChI is InChI=1S/C13H17NO4/c1-9(15)14-7-6-10-4-5-11(13(16)18-3)8-12(10)17-2/h4-5,8H,6-7H2,1-3H3,(H,14,15). The van der Waals surface area contributed by atoms with E-state index in [0.29, 0.717) is 24.3 Å². The SMILES string of the molecule is COC(=O)c1ccc(CCNC(C)=O)c(OC)c1. The Bertz CT molecular complexity index is 443. The quantitative estimate of drug-likeness (QED) is 0.798. The number of hydrogen-bond donors (Lipinski definition) is 1. The minimum Gasteiger partial charge on any atom is -0.496 e. The summed E-state index contributed by atoms with van der Waals surface area (Å²) in [7, 11) is 2.87. The molecule has 1 aromatic rings. The predicted molar refractivity (Wildman–Crippen MR) is 66.7 cm³/mol. The molecule has 0 unspecified atom stereocenters. The average Bonchev–Trinajstić information content (AvgIpc) is 2.37. The summed E-state index contributed by atoms with van der Waals surface area (Å²) in [5, 5.41) is 2.71. The van der Waals surface area contributed by atoms with Crippen molar-refractivity contribution in [3.63, 3.8) is 0 Å². The molecule has 0 aliphatic carbocycles. The maximum atomic E-state index is 11.4. The molecule has 1 amide bonds. The van der Waals surface area contributed by atoms with E-state index in [1.54, 1.807) is 18.2 Å². The Morgan fingerprint density at radius 3 is 2.56 bits per heavy atom. The number of carbonyl (C=O) groups is 2. The summed E-state index contributed by atoms with van der Waals surface area (Å²) in [5.74, 6) is 0.144. The van der Waals surface area contributed by atoms with Crippen LogP contribution in [0, 0.1) is 0 Å². The molecule has 98 valence electrons. The first-order chi connectivity index (χ1) is 8.58. The Balaban J connectivity index is 2.80. The number of amides is 1. The number of hydrogen-bond acceptors (Lipinski definition) is 4. The van der Waals surface area contributed by atoms with Gasteiger partial charge in [0, 0.05) is 13.5 Å². The summed E-state index contributed by atoms with van der Waals surface area (Å²) in [6.45, 7) is 2.00. The van der Waals surface area contributed by atoms with Crippen molar-refractivity contribution < 1.29 is 19.1 Å². The highest BCUT2D eigenvalue weighted by Crippen LogP contribution is 2.21. The summed E-state index contributed by atoms with van der Waals surface area (Å²) in [6, 6.07) is 5.11. The molecule has 0 aliphatic heterocycles. The van der Waals surface area contributed by atoms with Gasteiger partial charge < -0.3 is 14.8 Å². The Hall–Kier alpha value is -2.04. The van der Waals surface area contributed by atoms with Crippen molar-refractivity contribution >= 4 is 11.9 Å². The van der Waals surface area contributed by atoms with Crippen LogP contribution in [-0.2, 0) is 16.0 Å². The fraction of sp³-hybridized carbons (Fsp3) is 0.385. The third-order valence-electron chi connectivity index (χ3n) is 2.48. The number of ether oxygens (including phenoxy) is 2. The molecule has 18 heavy (non-hydrogen) atoms. The van der Waals surface area contributed by atoms with Crippen molar-refractivity contribution in [3.8, 4) is 5.75 Å². The van der Waals surface area contributed by atoms with E-state index in [0.717, 1.165) is 5.56 Å². The van der Waals surface area contributed by atoms with E-state index >= 15 is 0 Å². The van der Waals surface area contributed by atoms with Crippen LogP contribution in [0.5, 0.6) is 5.75 Å². The van der Waals surface area contributed by atoms with Crippen LogP contribution in [0.2, 0.25) is 0 Å². The van der Waals surface area contributed by atoms with Crippen LogP contribution in [0.1, 0.15) is 22.8 Å². The fourth-order valence-corrected chi connectivity index (χ4v) is 1.57. The van der Waals surface area contributed by atoms with Crippen molar-refractivity contribution in [3.05, 3.63) is 29.3 Å². The number of methoxy groups -OCH3 is 2. The van der Waals surface area contributed by atoms with Crippen LogP contribution in [-0.4, -0.2) is 32.6 Å². The van der Waals surface area contributed by atoms with Gasteiger partial charge in [-0.3, -0.25) is 4.79 Å². The zero-order chi connectivity index (χ0) is 13.5.